The maximum absolute atomic E-state index is 13.2. The van der Waals surface area contributed by atoms with Crippen molar-refractivity contribution in [3.8, 4) is 0 Å². The van der Waals surface area contributed by atoms with E-state index in [4.69, 9.17) is 23.2 Å². The van der Waals surface area contributed by atoms with Gasteiger partial charge in [-0.2, -0.15) is 11.8 Å². The molecular formula is C11H11Cl2FN2OS. The Morgan fingerprint density at radius 2 is 2.11 bits per heavy atom. The number of halogens is 3. The van der Waals surface area contributed by atoms with Crippen molar-refractivity contribution in [2.75, 3.05) is 23.4 Å². The number of benzene rings is 1. The molecule has 18 heavy (non-hydrogen) atoms. The maximum Gasteiger partial charge on any atom is 0.242 e. The van der Waals surface area contributed by atoms with Gasteiger partial charge in [-0.15, -0.1) is 0 Å². The first-order valence-corrected chi connectivity index (χ1v) is 7.25. The first-order chi connectivity index (χ1) is 8.58. The minimum atomic E-state index is -0.678. The highest BCUT2D eigenvalue weighted by atomic mass is 35.5. The summed E-state index contributed by atoms with van der Waals surface area (Å²) >= 11 is 13.0. The normalized spacial score (nSPS) is 19.6. The fraction of sp³-hybridized carbons (Fsp3) is 0.364. The summed E-state index contributed by atoms with van der Waals surface area (Å²) in [6.45, 7) is 0.799. The highest BCUT2D eigenvalue weighted by Gasteiger charge is 2.21. The average molecular weight is 309 g/mol. The van der Waals surface area contributed by atoms with E-state index in [0.29, 0.717) is 11.4 Å². The van der Waals surface area contributed by atoms with E-state index in [2.05, 4.69) is 10.6 Å². The molecule has 1 heterocycles. The summed E-state index contributed by atoms with van der Waals surface area (Å²) in [7, 11) is 0. The van der Waals surface area contributed by atoms with E-state index in [1.165, 1.54) is 12.1 Å². The van der Waals surface area contributed by atoms with Gasteiger partial charge in [0.15, 0.2) is 5.82 Å². The van der Waals surface area contributed by atoms with E-state index in [1.54, 1.807) is 11.8 Å². The van der Waals surface area contributed by atoms with E-state index in [-0.39, 0.29) is 22.0 Å². The second kappa shape index (κ2) is 6.10. The molecule has 0 radical (unpaired) electrons. The molecule has 1 fully saturated rings. The maximum atomic E-state index is 13.2. The zero-order chi connectivity index (χ0) is 13.1. The predicted molar refractivity (Wildman–Crippen MR) is 74.2 cm³/mol. The summed E-state index contributed by atoms with van der Waals surface area (Å²) in [6, 6.07) is 2.44. The van der Waals surface area contributed by atoms with Crippen LogP contribution in [0.25, 0.3) is 0 Å². The Bertz CT molecular complexity index is 443. The van der Waals surface area contributed by atoms with E-state index in [0.717, 1.165) is 12.3 Å². The van der Waals surface area contributed by atoms with Crippen LogP contribution in [-0.2, 0) is 4.79 Å². The Morgan fingerprint density at radius 3 is 2.67 bits per heavy atom. The number of carbonyl (C=O) groups excluding carboxylic acids is 1. The highest BCUT2D eigenvalue weighted by molar-refractivity contribution is 7.99. The van der Waals surface area contributed by atoms with Gasteiger partial charge in [0.05, 0.1) is 16.1 Å². The van der Waals surface area contributed by atoms with Gasteiger partial charge in [-0.05, 0) is 12.1 Å². The molecule has 7 heteroatoms. The van der Waals surface area contributed by atoms with E-state index < -0.39 is 5.82 Å². The molecule has 1 aromatic carbocycles. The quantitative estimate of drug-likeness (QED) is 0.826. The standard InChI is InChI=1S/C11H11Cl2FN2OS/c12-7-3-6(4-8(13)10(7)14)16-11(17)9-5-18-2-1-15-9/h3-4,9,15H,1-2,5H2,(H,16,17). The van der Waals surface area contributed by atoms with Crippen molar-refractivity contribution in [2.45, 2.75) is 6.04 Å². The molecule has 0 bridgehead atoms. The Labute approximate surface area is 118 Å². The molecule has 1 unspecified atom stereocenters. The summed E-state index contributed by atoms with van der Waals surface area (Å²) < 4.78 is 13.2. The Kier molecular flexibility index (Phi) is 4.72. The third kappa shape index (κ3) is 3.29. The molecule has 1 aliphatic heterocycles. The lowest BCUT2D eigenvalue weighted by Gasteiger charge is -2.22. The minimum Gasteiger partial charge on any atom is -0.325 e. The first-order valence-electron chi connectivity index (χ1n) is 5.34. The number of carbonyl (C=O) groups is 1. The zero-order valence-corrected chi connectivity index (χ0v) is 11.6. The van der Waals surface area contributed by atoms with Crippen LogP contribution in [0.5, 0.6) is 0 Å². The second-order valence-electron chi connectivity index (χ2n) is 3.82. The van der Waals surface area contributed by atoms with Crippen LogP contribution < -0.4 is 10.6 Å². The van der Waals surface area contributed by atoms with Gasteiger partial charge < -0.3 is 10.6 Å². The summed E-state index contributed by atoms with van der Waals surface area (Å²) in [5.41, 5.74) is 0.397. The summed E-state index contributed by atoms with van der Waals surface area (Å²) in [6.07, 6.45) is 0. The number of hydrogen-bond acceptors (Lipinski definition) is 3. The van der Waals surface area contributed by atoms with Crippen LogP contribution in [-0.4, -0.2) is 30.0 Å². The lowest BCUT2D eigenvalue weighted by molar-refractivity contribution is -0.117. The highest BCUT2D eigenvalue weighted by Crippen LogP contribution is 2.27. The Balaban J connectivity index is 2.06. The molecule has 1 aromatic rings. The lowest BCUT2D eigenvalue weighted by atomic mass is 10.2. The fourth-order valence-electron chi connectivity index (χ4n) is 1.59. The molecule has 1 amide bonds. The average Bonchev–Trinajstić information content (AvgIpc) is 2.37. The fourth-order valence-corrected chi connectivity index (χ4v) is 3.01. The third-order valence-electron chi connectivity index (χ3n) is 2.49. The summed E-state index contributed by atoms with van der Waals surface area (Å²) in [5, 5.41) is 5.56. The zero-order valence-electron chi connectivity index (χ0n) is 9.30. The molecule has 1 aliphatic rings. The largest absolute Gasteiger partial charge is 0.325 e. The smallest absolute Gasteiger partial charge is 0.242 e. The van der Waals surface area contributed by atoms with Crippen molar-refractivity contribution >= 4 is 46.6 Å². The molecule has 0 saturated carbocycles. The van der Waals surface area contributed by atoms with E-state index >= 15 is 0 Å². The molecule has 98 valence electrons. The molecule has 2 N–H and O–H groups in total. The number of rotatable bonds is 2. The Morgan fingerprint density at radius 1 is 1.44 bits per heavy atom. The molecular weight excluding hydrogens is 298 g/mol. The van der Waals surface area contributed by atoms with Gasteiger partial charge in [0.2, 0.25) is 5.91 Å². The van der Waals surface area contributed by atoms with Gasteiger partial charge in [-0.25, -0.2) is 4.39 Å². The number of anilines is 1. The number of hydrogen-bond donors (Lipinski definition) is 2. The molecule has 0 aliphatic carbocycles. The molecule has 1 saturated heterocycles. The molecule has 0 spiro atoms. The van der Waals surface area contributed by atoms with Crippen LogP contribution in [0.4, 0.5) is 10.1 Å². The summed E-state index contributed by atoms with van der Waals surface area (Å²) in [4.78, 5) is 11.9. The third-order valence-corrected chi connectivity index (χ3v) is 4.10. The molecule has 0 aromatic heterocycles. The van der Waals surface area contributed by atoms with Crippen molar-refractivity contribution in [2.24, 2.45) is 0 Å². The molecule has 2 rings (SSSR count). The van der Waals surface area contributed by atoms with Gasteiger partial charge in [0, 0.05) is 23.7 Å². The summed E-state index contributed by atoms with van der Waals surface area (Å²) in [5.74, 6) is 0.871. The lowest BCUT2D eigenvalue weighted by Crippen LogP contribution is -2.46. The second-order valence-corrected chi connectivity index (χ2v) is 5.79. The monoisotopic (exact) mass is 308 g/mol. The Hall–Kier alpha value is -0.490. The van der Waals surface area contributed by atoms with Crippen molar-refractivity contribution in [1.82, 2.24) is 5.32 Å². The SMILES string of the molecule is O=C(Nc1cc(Cl)c(F)c(Cl)c1)C1CSCCN1. The van der Waals surface area contributed by atoms with Gasteiger partial charge in [0.25, 0.3) is 0 Å². The van der Waals surface area contributed by atoms with E-state index in [1.807, 2.05) is 0 Å². The number of thioether (sulfide) groups is 1. The topological polar surface area (TPSA) is 41.1 Å². The van der Waals surface area contributed by atoms with Crippen LogP contribution in [0, 0.1) is 5.82 Å². The van der Waals surface area contributed by atoms with Crippen molar-refractivity contribution in [3.63, 3.8) is 0 Å². The van der Waals surface area contributed by atoms with Crippen LogP contribution >= 0.6 is 35.0 Å². The van der Waals surface area contributed by atoms with Crippen LogP contribution in [0.3, 0.4) is 0 Å². The van der Waals surface area contributed by atoms with Crippen molar-refractivity contribution in [1.29, 1.82) is 0 Å². The van der Waals surface area contributed by atoms with Crippen LogP contribution in [0.15, 0.2) is 12.1 Å². The predicted octanol–water partition coefficient (Wildman–Crippen LogP) is 2.78. The van der Waals surface area contributed by atoms with Crippen LogP contribution in [0.2, 0.25) is 10.0 Å². The van der Waals surface area contributed by atoms with E-state index in [9.17, 15) is 9.18 Å². The number of nitrogens with one attached hydrogen (secondary N) is 2. The van der Waals surface area contributed by atoms with Crippen LogP contribution in [0.1, 0.15) is 0 Å². The first kappa shape index (κ1) is 13.9. The van der Waals surface area contributed by atoms with Gasteiger partial charge in [0.1, 0.15) is 0 Å². The molecule has 1 atom stereocenters. The molecule has 3 nitrogen and oxygen atoms in total. The van der Waals surface area contributed by atoms with Gasteiger partial charge in [-0.1, -0.05) is 23.2 Å². The minimum absolute atomic E-state index is 0.108. The van der Waals surface area contributed by atoms with Gasteiger partial charge >= 0.3 is 0 Å². The van der Waals surface area contributed by atoms with Crippen molar-refractivity contribution < 1.29 is 9.18 Å². The van der Waals surface area contributed by atoms with Gasteiger partial charge in [-0.3, -0.25) is 4.79 Å². The number of amides is 1. The van der Waals surface area contributed by atoms with Crippen molar-refractivity contribution in [3.05, 3.63) is 28.0 Å².